The number of nitrogen functional groups attached to an aromatic ring is 1. The lowest BCUT2D eigenvalue weighted by Gasteiger charge is -2.10. The molecular weight excluding hydrogens is 273 g/mol. The first-order valence-corrected chi connectivity index (χ1v) is 6.66. The second kappa shape index (κ2) is 5.53. The van der Waals surface area contributed by atoms with Gasteiger partial charge in [0.2, 0.25) is 0 Å². The van der Waals surface area contributed by atoms with Crippen LogP contribution in [0.2, 0.25) is 0 Å². The smallest absolute Gasteiger partial charge is 0.167 e. The molecule has 0 spiro atoms. The predicted molar refractivity (Wildman–Crippen MR) is 78.1 cm³/mol. The van der Waals surface area contributed by atoms with Crippen LogP contribution in [0.3, 0.4) is 0 Å². The number of hydrazine groups is 1. The Morgan fingerprint density at radius 3 is 2.62 bits per heavy atom. The third kappa shape index (κ3) is 3.03. The molecule has 3 rings (SSSR count). The van der Waals surface area contributed by atoms with Crippen molar-refractivity contribution in [1.29, 1.82) is 0 Å². The molecule has 0 bridgehead atoms. The van der Waals surface area contributed by atoms with E-state index in [1.54, 1.807) is 18.2 Å². The van der Waals surface area contributed by atoms with Crippen molar-refractivity contribution < 1.29 is 9.13 Å². The van der Waals surface area contributed by atoms with Crippen molar-refractivity contribution in [3.05, 3.63) is 35.9 Å². The Labute approximate surface area is 121 Å². The molecule has 21 heavy (non-hydrogen) atoms. The fraction of sp³-hybridized carbons (Fsp3) is 0.286. The summed E-state index contributed by atoms with van der Waals surface area (Å²) in [4.78, 5) is 8.76. The van der Waals surface area contributed by atoms with Gasteiger partial charge in [-0.1, -0.05) is 0 Å². The first-order valence-electron chi connectivity index (χ1n) is 6.66. The second-order valence-electron chi connectivity index (χ2n) is 4.89. The average molecular weight is 289 g/mol. The zero-order valence-electron chi connectivity index (χ0n) is 11.6. The Balaban J connectivity index is 1.86. The third-order valence-corrected chi connectivity index (χ3v) is 3.26. The number of methoxy groups -OCH3 is 1. The highest BCUT2D eigenvalue weighted by Gasteiger charge is 2.27. The molecule has 1 saturated carbocycles. The van der Waals surface area contributed by atoms with Crippen molar-refractivity contribution in [3.8, 4) is 5.75 Å². The van der Waals surface area contributed by atoms with E-state index in [1.165, 1.54) is 13.2 Å². The van der Waals surface area contributed by atoms with E-state index in [0.717, 1.165) is 18.7 Å². The number of benzene rings is 1. The molecule has 4 N–H and O–H groups in total. The van der Waals surface area contributed by atoms with Gasteiger partial charge in [-0.15, -0.1) is 0 Å². The van der Waals surface area contributed by atoms with E-state index in [4.69, 9.17) is 10.6 Å². The molecule has 0 saturated heterocycles. The summed E-state index contributed by atoms with van der Waals surface area (Å²) >= 11 is 0. The van der Waals surface area contributed by atoms with Crippen molar-refractivity contribution in [2.45, 2.75) is 18.8 Å². The molecule has 110 valence electrons. The van der Waals surface area contributed by atoms with Gasteiger partial charge in [0.1, 0.15) is 17.5 Å². The molecule has 1 aliphatic rings. The van der Waals surface area contributed by atoms with Gasteiger partial charge in [0, 0.05) is 23.7 Å². The van der Waals surface area contributed by atoms with Crippen LogP contribution in [0.4, 0.5) is 21.7 Å². The number of nitrogens with one attached hydrogen (secondary N) is 2. The summed E-state index contributed by atoms with van der Waals surface area (Å²) in [7, 11) is 1.43. The summed E-state index contributed by atoms with van der Waals surface area (Å²) in [5.41, 5.74) is 3.10. The van der Waals surface area contributed by atoms with Gasteiger partial charge >= 0.3 is 0 Å². The number of nitrogens with two attached hydrogens (primary N) is 1. The van der Waals surface area contributed by atoms with Crippen LogP contribution in [-0.2, 0) is 0 Å². The summed E-state index contributed by atoms with van der Waals surface area (Å²) in [6.07, 6.45) is 2.18. The van der Waals surface area contributed by atoms with E-state index in [2.05, 4.69) is 20.7 Å². The highest BCUT2D eigenvalue weighted by atomic mass is 19.1. The van der Waals surface area contributed by atoms with Crippen LogP contribution in [0.5, 0.6) is 5.75 Å². The number of hydrogen-bond donors (Lipinski definition) is 3. The van der Waals surface area contributed by atoms with Gasteiger partial charge in [-0.25, -0.2) is 20.2 Å². The maximum absolute atomic E-state index is 13.7. The lowest BCUT2D eigenvalue weighted by atomic mass is 10.3. The molecule has 0 unspecified atom stereocenters. The van der Waals surface area contributed by atoms with Crippen molar-refractivity contribution >= 4 is 17.3 Å². The van der Waals surface area contributed by atoms with Crippen molar-refractivity contribution in [1.82, 2.24) is 9.97 Å². The predicted octanol–water partition coefficient (Wildman–Crippen LogP) is 2.53. The maximum Gasteiger partial charge on any atom is 0.167 e. The average Bonchev–Trinajstić information content (AvgIpc) is 3.32. The highest BCUT2D eigenvalue weighted by Crippen LogP contribution is 2.39. The molecule has 1 fully saturated rings. The zero-order chi connectivity index (χ0) is 14.8. The second-order valence-corrected chi connectivity index (χ2v) is 4.89. The van der Waals surface area contributed by atoms with Gasteiger partial charge in [-0.3, -0.25) is 0 Å². The number of aromatic nitrogens is 2. The number of rotatable bonds is 5. The number of ether oxygens (including phenoxy) is 1. The van der Waals surface area contributed by atoms with Gasteiger partial charge in [0.15, 0.2) is 11.6 Å². The molecular formula is C14H16FN5O. The molecule has 7 heteroatoms. The van der Waals surface area contributed by atoms with Crippen LogP contribution in [0.25, 0.3) is 0 Å². The van der Waals surface area contributed by atoms with E-state index in [0.29, 0.717) is 23.2 Å². The Hall–Kier alpha value is -2.41. The van der Waals surface area contributed by atoms with Crippen LogP contribution in [0, 0.1) is 5.82 Å². The maximum atomic E-state index is 13.7. The number of nitrogens with zero attached hydrogens (tertiary/aromatic N) is 2. The van der Waals surface area contributed by atoms with E-state index in [-0.39, 0.29) is 5.75 Å². The van der Waals surface area contributed by atoms with Gasteiger partial charge in [-0.05, 0) is 25.0 Å². The summed E-state index contributed by atoms with van der Waals surface area (Å²) in [5, 5.41) is 3.05. The molecule has 0 radical (unpaired) electrons. The fourth-order valence-electron chi connectivity index (χ4n) is 2.02. The quantitative estimate of drug-likeness (QED) is 0.579. The monoisotopic (exact) mass is 289 g/mol. The number of hydrogen-bond acceptors (Lipinski definition) is 6. The van der Waals surface area contributed by atoms with E-state index >= 15 is 0 Å². The van der Waals surface area contributed by atoms with Gasteiger partial charge in [-0.2, -0.15) is 0 Å². The van der Waals surface area contributed by atoms with E-state index in [1.807, 2.05) is 0 Å². The van der Waals surface area contributed by atoms with Crippen LogP contribution < -0.4 is 21.3 Å². The largest absolute Gasteiger partial charge is 0.494 e. The summed E-state index contributed by atoms with van der Waals surface area (Å²) < 4.78 is 18.6. The lowest BCUT2D eigenvalue weighted by Crippen LogP contribution is -2.11. The topological polar surface area (TPSA) is 85.1 Å². The number of anilines is 3. The van der Waals surface area contributed by atoms with Crippen LogP contribution in [0.1, 0.15) is 24.6 Å². The molecule has 1 aromatic carbocycles. The summed E-state index contributed by atoms with van der Waals surface area (Å²) in [6, 6.07) is 6.31. The van der Waals surface area contributed by atoms with E-state index < -0.39 is 5.82 Å². The molecule has 2 aromatic rings. The minimum absolute atomic E-state index is 0.200. The Morgan fingerprint density at radius 2 is 2.00 bits per heavy atom. The fourth-order valence-corrected chi connectivity index (χ4v) is 2.02. The molecule has 0 aliphatic heterocycles. The SMILES string of the molecule is COc1ccc(Nc2cc(NN)nc(C3CC3)n2)cc1F. The standard InChI is InChI=1S/C14H16FN5O/c1-21-11-5-4-9(6-10(11)15)17-12-7-13(20-16)19-14(18-12)8-2-3-8/h4-8H,2-3,16H2,1H3,(H2,17,18,19,20). The van der Waals surface area contributed by atoms with Gasteiger partial charge in [0.25, 0.3) is 0 Å². The van der Waals surface area contributed by atoms with Crippen molar-refractivity contribution in [2.24, 2.45) is 5.84 Å². The Kier molecular flexibility index (Phi) is 3.57. The first kappa shape index (κ1) is 13.6. The minimum atomic E-state index is -0.434. The van der Waals surface area contributed by atoms with E-state index in [9.17, 15) is 4.39 Å². The first-order chi connectivity index (χ1) is 10.2. The minimum Gasteiger partial charge on any atom is -0.494 e. The third-order valence-electron chi connectivity index (χ3n) is 3.26. The summed E-state index contributed by atoms with van der Waals surface area (Å²) in [5.74, 6) is 7.44. The summed E-state index contributed by atoms with van der Waals surface area (Å²) in [6.45, 7) is 0. The van der Waals surface area contributed by atoms with Crippen LogP contribution >= 0.6 is 0 Å². The van der Waals surface area contributed by atoms with Crippen molar-refractivity contribution in [2.75, 3.05) is 17.9 Å². The zero-order valence-corrected chi connectivity index (χ0v) is 11.6. The molecule has 1 aromatic heterocycles. The van der Waals surface area contributed by atoms with Gasteiger partial charge < -0.3 is 15.5 Å². The Bertz CT molecular complexity index is 660. The van der Waals surface area contributed by atoms with Crippen molar-refractivity contribution in [3.63, 3.8) is 0 Å². The highest BCUT2D eigenvalue weighted by molar-refractivity contribution is 5.60. The molecule has 1 heterocycles. The number of halogens is 1. The molecule has 0 atom stereocenters. The Morgan fingerprint density at radius 1 is 1.24 bits per heavy atom. The van der Waals surface area contributed by atoms with Crippen LogP contribution in [-0.4, -0.2) is 17.1 Å². The molecule has 6 nitrogen and oxygen atoms in total. The molecule has 1 aliphatic carbocycles. The molecule has 0 amide bonds. The normalized spacial score (nSPS) is 13.9. The lowest BCUT2D eigenvalue weighted by molar-refractivity contribution is 0.386. The van der Waals surface area contributed by atoms with Gasteiger partial charge in [0.05, 0.1) is 7.11 Å². The van der Waals surface area contributed by atoms with Crippen LogP contribution in [0.15, 0.2) is 24.3 Å².